The summed E-state index contributed by atoms with van der Waals surface area (Å²) in [7, 11) is 0. The SMILES string of the molecule is O=C(O)c1cc(Cl)ccc1Sc1ccc(Br)cn1. The Morgan fingerprint density at radius 2 is 2.11 bits per heavy atom. The van der Waals surface area contributed by atoms with Crippen molar-refractivity contribution in [1.29, 1.82) is 0 Å². The van der Waals surface area contributed by atoms with Gasteiger partial charge in [-0.2, -0.15) is 0 Å². The molecule has 1 aromatic heterocycles. The maximum atomic E-state index is 11.1. The zero-order chi connectivity index (χ0) is 13.1. The molecule has 0 unspecified atom stereocenters. The molecule has 0 aliphatic carbocycles. The molecule has 0 bridgehead atoms. The van der Waals surface area contributed by atoms with Gasteiger partial charge in [-0.15, -0.1) is 0 Å². The number of benzene rings is 1. The molecule has 92 valence electrons. The normalized spacial score (nSPS) is 10.3. The van der Waals surface area contributed by atoms with Gasteiger partial charge in [-0.05, 0) is 46.3 Å². The molecule has 0 amide bonds. The molecule has 0 saturated carbocycles. The van der Waals surface area contributed by atoms with E-state index >= 15 is 0 Å². The molecule has 2 rings (SSSR count). The fraction of sp³-hybridized carbons (Fsp3) is 0. The largest absolute Gasteiger partial charge is 0.478 e. The third kappa shape index (κ3) is 3.25. The molecule has 0 saturated heterocycles. The number of carboxylic acid groups (broad SMARTS) is 1. The van der Waals surface area contributed by atoms with Crippen LogP contribution in [0.4, 0.5) is 0 Å². The van der Waals surface area contributed by atoms with Crippen molar-refractivity contribution in [3.8, 4) is 0 Å². The molecule has 0 fully saturated rings. The van der Waals surface area contributed by atoms with Gasteiger partial charge in [0.1, 0.15) is 5.03 Å². The first-order valence-corrected chi connectivity index (χ1v) is 6.87. The number of rotatable bonds is 3. The number of hydrogen-bond acceptors (Lipinski definition) is 3. The van der Waals surface area contributed by atoms with Crippen molar-refractivity contribution in [2.75, 3.05) is 0 Å². The first kappa shape index (κ1) is 13.4. The summed E-state index contributed by atoms with van der Waals surface area (Å²) in [5, 5.41) is 10.2. The Labute approximate surface area is 121 Å². The van der Waals surface area contributed by atoms with Crippen LogP contribution in [0, 0.1) is 0 Å². The van der Waals surface area contributed by atoms with Crippen LogP contribution < -0.4 is 0 Å². The van der Waals surface area contributed by atoms with Gasteiger partial charge < -0.3 is 5.11 Å². The van der Waals surface area contributed by atoms with Gasteiger partial charge in [0.25, 0.3) is 0 Å². The lowest BCUT2D eigenvalue weighted by molar-refractivity contribution is 0.0693. The number of aromatic carboxylic acids is 1. The van der Waals surface area contributed by atoms with Crippen molar-refractivity contribution in [2.24, 2.45) is 0 Å². The van der Waals surface area contributed by atoms with Gasteiger partial charge in [-0.25, -0.2) is 9.78 Å². The van der Waals surface area contributed by atoms with E-state index in [-0.39, 0.29) is 5.56 Å². The Morgan fingerprint density at radius 3 is 2.72 bits per heavy atom. The second kappa shape index (κ2) is 5.73. The number of halogens is 2. The van der Waals surface area contributed by atoms with Gasteiger partial charge in [-0.1, -0.05) is 23.4 Å². The van der Waals surface area contributed by atoms with Crippen LogP contribution in [0.2, 0.25) is 5.02 Å². The monoisotopic (exact) mass is 343 g/mol. The zero-order valence-electron chi connectivity index (χ0n) is 8.93. The maximum Gasteiger partial charge on any atom is 0.336 e. The molecule has 0 aliphatic rings. The molecule has 1 heterocycles. The average Bonchev–Trinajstić information content (AvgIpc) is 2.34. The lowest BCUT2D eigenvalue weighted by Crippen LogP contribution is -1.98. The average molecular weight is 345 g/mol. The first-order chi connectivity index (χ1) is 8.56. The van der Waals surface area contributed by atoms with Crippen LogP contribution in [-0.2, 0) is 0 Å². The Bertz CT molecular complexity index is 589. The highest BCUT2D eigenvalue weighted by Crippen LogP contribution is 2.31. The van der Waals surface area contributed by atoms with Crippen molar-refractivity contribution in [2.45, 2.75) is 9.92 Å². The van der Waals surface area contributed by atoms with E-state index < -0.39 is 5.97 Å². The number of aromatic nitrogens is 1. The van der Waals surface area contributed by atoms with E-state index in [1.807, 2.05) is 12.1 Å². The van der Waals surface area contributed by atoms with Crippen LogP contribution in [0.15, 0.2) is 50.9 Å². The smallest absolute Gasteiger partial charge is 0.336 e. The highest BCUT2D eigenvalue weighted by atomic mass is 79.9. The summed E-state index contributed by atoms with van der Waals surface area (Å²) in [6, 6.07) is 8.45. The summed E-state index contributed by atoms with van der Waals surface area (Å²) in [6.45, 7) is 0. The van der Waals surface area contributed by atoms with Crippen molar-refractivity contribution >= 4 is 45.3 Å². The molecule has 0 spiro atoms. The lowest BCUT2D eigenvalue weighted by Gasteiger charge is -2.05. The number of carboxylic acids is 1. The minimum atomic E-state index is -1.00. The summed E-state index contributed by atoms with van der Waals surface area (Å²) < 4.78 is 0.876. The second-order valence-electron chi connectivity index (χ2n) is 3.36. The van der Waals surface area contributed by atoms with Crippen molar-refractivity contribution in [1.82, 2.24) is 4.98 Å². The topological polar surface area (TPSA) is 50.2 Å². The third-order valence-corrected chi connectivity index (χ3v) is 3.82. The van der Waals surface area contributed by atoms with Crippen LogP contribution in [0.1, 0.15) is 10.4 Å². The van der Waals surface area contributed by atoms with E-state index in [0.717, 1.165) is 9.50 Å². The molecule has 18 heavy (non-hydrogen) atoms. The van der Waals surface area contributed by atoms with E-state index in [9.17, 15) is 4.79 Å². The number of pyridine rings is 1. The minimum Gasteiger partial charge on any atom is -0.478 e. The summed E-state index contributed by atoms with van der Waals surface area (Å²) >= 11 is 10.4. The number of hydrogen-bond donors (Lipinski definition) is 1. The first-order valence-electron chi connectivity index (χ1n) is 4.88. The molecular weight excluding hydrogens is 338 g/mol. The third-order valence-electron chi connectivity index (χ3n) is 2.09. The quantitative estimate of drug-likeness (QED) is 0.899. The molecule has 0 radical (unpaired) electrons. The van der Waals surface area contributed by atoms with E-state index in [1.54, 1.807) is 18.3 Å². The van der Waals surface area contributed by atoms with E-state index in [1.165, 1.54) is 17.8 Å². The molecule has 0 aliphatic heterocycles. The van der Waals surface area contributed by atoms with E-state index in [2.05, 4.69) is 20.9 Å². The van der Waals surface area contributed by atoms with Crippen LogP contribution in [0.3, 0.4) is 0 Å². The van der Waals surface area contributed by atoms with Crippen LogP contribution in [0.25, 0.3) is 0 Å². The molecule has 0 atom stereocenters. The molecule has 1 aromatic carbocycles. The Morgan fingerprint density at radius 1 is 1.33 bits per heavy atom. The van der Waals surface area contributed by atoms with Gasteiger partial charge in [0.05, 0.1) is 5.56 Å². The summed E-state index contributed by atoms with van der Waals surface area (Å²) in [5.41, 5.74) is 0.178. The van der Waals surface area contributed by atoms with E-state index in [0.29, 0.717) is 9.92 Å². The molecule has 1 N–H and O–H groups in total. The number of nitrogens with zero attached hydrogens (tertiary/aromatic N) is 1. The fourth-order valence-electron chi connectivity index (χ4n) is 1.29. The molecule has 6 heteroatoms. The minimum absolute atomic E-state index is 0.178. The van der Waals surface area contributed by atoms with Gasteiger partial charge in [0, 0.05) is 20.6 Å². The molecular formula is C12H7BrClNO2S. The fourth-order valence-corrected chi connectivity index (χ4v) is 2.56. The van der Waals surface area contributed by atoms with Crippen LogP contribution >= 0.6 is 39.3 Å². The van der Waals surface area contributed by atoms with Gasteiger partial charge >= 0.3 is 5.97 Å². The highest BCUT2D eigenvalue weighted by molar-refractivity contribution is 9.10. The molecule has 2 aromatic rings. The summed E-state index contributed by atoms with van der Waals surface area (Å²) in [5.74, 6) is -1.00. The van der Waals surface area contributed by atoms with Gasteiger partial charge in [0.15, 0.2) is 0 Å². The lowest BCUT2D eigenvalue weighted by atomic mass is 10.2. The van der Waals surface area contributed by atoms with E-state index in [4.69, 9.17) is 16.7 Å². The van der Waals surface area contributed by atoms with Gasteiger partial charge in [-0.3, -0.25) is 0 Å². The predicted octanol–water partition coefficient (Wildman–Crippen LogP) is 4.35. The Balaban J connectivity index is 2.34. The molecule has 3 nitrogen and oxygen atoms in total. The summed E-state index contributed by atoms with van der Waals surface area (Å²) in [6.07, 6.45) is 1.67. The Kier molecular flexibility index (Phi) is 4.27. The predicted molar refractivity (Wildman–Crippen MR) is 74.5 cm³/mol. The van der Waals surface area contributed by atoms with Gasteiger partial charge in [0.2, 0.25) is 0 Å². The van der Waals surface area contributed by atoms with Crippen molar-refractivity contribution < 1.29 is 9.90 Å². The van der Waals surface area contributed by atoms with Crippen LogP contribution in [-0.4, -0.2) is 16.1 Å². The van der Waals surface area contributed by atoms with Crippen LogP contribution in [0.5, 0.6) is 0 Å². The van der Waals surface area contributed by atoms with Crippen molar-refractivity contribution in [3.63, 3.8) is 0 Å². The van der Waals surface area contributed by atoms with Crippen molar-refractivity contribution in [3.05, 3.63) is 51.6 Å². The highest BCUT2D eigenvalue weighted by Gasteiger charge is 2.12. The maximum absolute atomic E-state index is 11.1. The number of carbonyl (C=O) groups is 1. The Hall–Kier alpha value is -1.04. The zero-order valence-corrected chi connectivity index (χ0v) is 12.1. The summed E-state index contributed by atoms with van der Waals surface area (Å²) in [4.78, 5) is 15.9. The second-order valence-corrected chi connectivity index (χ2v) is 5.78. The standard InChI is InChI=1S/C12H7BrClNO2S/c13-7-1-4-11(15-6-7)18-10-3-2-8(14)5-9(10)12(16)17/h1-6H,(H,16,17).